The standard InChI is InChI=1S/C10H11N3O4S/c1-2-17-10(14)9-7-5-6(18(11,15)16)3-4-8(7)12-13-9/h3-5H,2H2,1H3,(H,12,13)(H2,11,15,16). The first-order chi connectivity index (χ1) is 8.43. The van der Waals surface area contributed by atoms with Crippen LogP contribution < -0.4 is 5.14 Å². The fourth-order valence-corrected chi connectivity index (χ4v) is 2.06. The summed E-state index contributed by atoms with van der Waals surface area (Å²) in [6, 6.07) is 4.12. The van der Waals surface area contributed by atoms with E-state index in [4.69, 9.17) is 9.88 Å². The normalized spacial score (nSPS) is 11.7. The van der Waals surface area contributed by atoms with Gasteiger partial charge >= 0.3 is 5.97 Å². The average Bonchev–Trinajstić information content (AvgIpc) is 2.70. The molecular weight excluding hydrogens is 258 g/mol. The van der Waals surface area contributed by atoms with Gasteiger partial charge in [0.2, 0.25) is 10.0 Å². The van der Waals surface area contributed by atoms with Gasteiger partial charge in [0, 0.05) is 5.39 Å². The summed E-state index contributed by atoms with van der Waals surface area (Å²) in [5.41, 5.74) is 0.572. The minimum Gasteiger partial charge on any atom is -0.461 e. The van der Waals surface area contributed by atoms with Crippen LogP contribution in [0, 0.1) is 0 Å². The number of benzene rings is 1. The van der Waals surface area contributed by atoms with Crippen molar-refractivity contribution in [2.75, 3.05) is 6.61 Å². The summed E-state index contributed by atoms with van der Waals surface area (Å²) in [5, 5.41) is 11.8. The summed E-state index contributed by atoms with van der Waals surface area (Å²) in [7, 11) is -3.82. The molecule has 18 heavy (non-hydrogen) atoms. The SMILES string of the molecule is CCOC(=O)c1n[nH]c2ccc(S(N)(=O)=O)cc12. The van der Waals surface area contributed by atoms with E-state index in [1.54, 1.807) is 6.92 Å². The highest BCUT2D eigenvalue weighted by Crippen LogP contribution is 2.20. The maximum Gasteiger partial charge on any atom is 0.359 e. The first-order valence-corrected chi connectivity index (χ1v) is 6.66. The largest absolute Gasteiger partial charge is 0.461 e. The van der Waals surface area contributed by atoms with Gasteiger partial charge in [0.1, 0.15) is 0 Å². The first kappa shape index (κ1) is 12.5. The number of ether oxygens (including phenoxy) is 1. The van der Waals surface area contributed by atoms with Gasteiger partial charge in [-0.25, -0.2) is 18.4 Å². The third-order valence-electron chi connectivity index (χ3n) is 2.33. The number of aromatic amines is 1. The van der Waals surface area contributed by atoms with Gasteiger partial charge in [-0.15, -0.1) is 0 Å². The number of primary sulfonamides is 1. The Balaban J connectivity index is 2.60. The smallest absolute Gasteiger partial charge is 0.359 e. The average molecular weight is 269 g/mol. The molecule has 0 aliphatic carbocycles. The molecule has 0 saturated heterocycles. The van der Waals surface area contributed by atoms with Crippen molar-refractivity contribution in [3.63, 3.8) is 0 Å². The van der Waals surface area contributed by atoms with Crippen LogP contribution in [0.1, 0.15) is 17.4 Å². The molecule has 0 unspecified atom stereocenters. The van der Waals surface area contributed by atoms with Gasteiger partial charge in [-0.3, -0.25) is 5.10 Å². The predicted molar refractivity (Wildman–Crippen MR) is 63.4 cm³/mol. The van der Waals surface area contributed by atoms with Crippen LogP contribution in [0.3, 0.4) is 0 Å². The minimum absolute atomic E-state index is 0.0392. The molecule has 3 N–H and O–H groups in total. The summed E-state index contributed by atoms with van der Waals surface area (Å²) in [5.74, 6) is -0.615. The van der Waals surface area contributed by atoms with Crippen LogP contribution in [0.5, 0.6) is 0 Å². The molecule has 0 spiro atoms. The lowest BCUT2D eigenvalue weighted by molar-refractivity contribution is 0.0521. The number of rotatable bonds is 3. The van der Waals surface area contributed by atoms with Crippen molar-refractivity contribution >= 4 is 26.9 Å². The number of carbonyl (C=O) groups is 1. The molecule has 1 aromatic heterocycles. The predicted octanol–water partition coefficient (Wildman–Crippen LogP) is 0.387. The maximum absolute atomic E-state index is 11.6. The van der Waals surface area contributed by atoms with Gasteiger partial charge in [-0.1, -0.05) is 0 Å². The number of hydrogen-bond acceptors (Lipinski definition) is 5. The molecule has 0 fully saturated rings. The van der Waals surface area contributed by atoms with Crippen molar-refractivity contribution < 1.29 is 17.9 Å². The maximum atomic E-state index is 11.6. The number of nitrogens with zero attached hydrogens (tertiary/aromatic N) is 1. The summed E-state index contributed by atoms with van der Waals surface area (Å²) in [6.07, 6.45) is 0. The van der Waals surface area contributed by atoms with Gasteiger partial charge in [-0.05, 0) is 25.1 Å². The quantitative estimate of drug-likeness (QED) is 0.782. The van der Waals surface area contributed by atoms with E-state index in [1.165, 1.54) is 18.2 Å². The van der Waals surface area contributed by atoms with Crippen LogP contribution in [0.2, 0.25) is 0 Å². The lowest BCUT2D eigenvalue weighted by Crippen LogP contribution is -2.12. The van der Waals surface area contributed by atoms with Crippen LogP contribution in [0.25, 0.3) is 10.9 Å². The number of hydrogen-bond donors (Lipinski definition) is 2. The van der Waals surface area contributed by atoms with Crippen LogP contribution >= 0.6 is 0 Å². The van der Waals surface area contributed by atoms with E-state index in [9.17, 15) is 13.2 Å². The van der Waals surface area contributed by atoms with Gasteiger partial charge in [0.25, 0.3) is 0 Å². The third-order valence-corrected chi connectivity index (χ3v) is 3.24. The van der Waals surface area contributed by atoms with E-state index >= 15 is 0 Å². The van der Waals surface area contributed by atoms with Crippen molar-refractivity contribution in [2.45, 2.75) is 11.8 Å². The van der Waals surface area contributed by atoms with Crippen molar-refractivity contribution in [2.24, 2.45) is 5.14 Å². The molecule has 0 atom stereocenters. The zero-order chi connectivity index (χ0) is 13.3. The van der Waals surface area contributed by atoms with Gasteiger partial charge in [0.15, 0.2) is 5.69 Å². The summed E-state index contributed by atoms with van der Waals surface area (Å²) < 4.78 is 27.3. The molecule has 0 bridgehead atoms. The number of H-pyrrole nitrogens is 1. The Labute approximate surface area is 103 Å². The number of carbonyl (C=O) groups excluding carboxylic acids is 1. The Morgan fingerprint density at radius 3 is 2.83 bits per heavy atom. The Bertz CT molecular complexity index is 705. The molecule has 0 saturated carbocycles. The van der Waals surface area contributed by atoms with E-state index in [0.717, 1.165) is 0 Å². The van der Waals surface area contributed by atoms with Gasteiger partial charge < -0.3 is 4.74 Å². The third kappa shape index (κ3) is 2.20. The van der Waals surface area contributed by atoms with E-state index in [-0.39, 0.29) is 17.2 Å². The van der Waals surface area contributed by atoms with Crippen LogP contribution in [0.15, 0.2) is 23.1 Å². The lowest BCUT2D eigenvalue weighted by Gasteiger charge is -2.00. The molecule has 1 aromatic carbocycles. The van der Waals surface area contributed by atoms with Crippen LogP contribution in [-0.2, 0) is 14.8 Å². The minimum atomic E-state index is -3.82. The lowest BCUT2D eigenvalue weighted by atomic mass is 10.2. The second kappa shape index (κ2) is 4.39. The molecule has 2 aromatic rings. The van der Waals surface area contributed by atoms with Crippen molar-refractivity contribution in [1.82, 2.24) is 10.2 Å². The summed E-state index contributed by atoms with van der Waals surface area (Å²) in [6.45, 7) is 1.88. The van der Waals surface area contributed by atoms with E-state index < -0.39 is 16.0 Å². The molecule has 2 rings (SSSR count). The molecular formula is C10H11N3O4S. The summed E-state index contributed by atoms with van der Waals surface area (Å²) in [4.78, 5) is 11.5. The Morgan fingerprint density at radius 2 is 2.22 bits per heavy atom. The monoisotopic (exact) mass is 269 g/mol. The van der Waals surface area contributed by atoms with E-state index in [2.05, 4.69) is 10.2 Å². The number of fused-ring (bicyclic) bond motifs is 1. The van der Waals surface area contributed by atoms with Crippen LogP contribution in [-0.4, -0.2) is 31.2 Å². The fraction of sp³-hybridized carbons (Fsp3) is 0.200. The Kier molecular flexibility index (Phi) is 3.05. The zero-order valence-corrected chi connectivity index (χ0v) is 10.3. The number of sulfonamides is 1. The topological polar surface area (TPSA) is 115 Å². The fourth-order valence-electron chi connectivity index (χ4n) is 1.53. The zero-order valence-electron chi connectivity index (χ0n) is 9.50. The molecule has 8 heteroatoms. The number of esters is 1. The number of nitrogens with two attached hydrogens (primary N) is 1. The van der Waals surface area contributed by atoms with E-state index in [0.29, 0.717) is 10.9 Å². The second-order valence-corrected chi connectivity index (χ2v) is 5.11. The summed E-state index contributed by atoms with van der Waals surface area (Å²) >= 11 is 0. The van der Waals surface area contributed by atoms with Crippen molar-refractivity contribution in [1.29, 1.82) is 0 Å². The first-order valence-electron chi connectivity index (χ1n) is 5.11. The number of nitrogens with one attached hydrogen (secondary N) is 1. The highest BCUT2D eigenvalue weighted by atomic mass is 32.2. The van der Waals surface area contributed by atoms with E-state index in [1.807, 2.05) is 0 Å². The Morgan fingerprint density at radius 1 is 1.50 bits per heavy atom. The molecule has 0 radical (unpaired) electrons. The van der Waals surface area contributed by atoms with Gasteiger partial charge in [-0.2, -0.15) is 5.10 Å². The molecule has 0 aliphatic heterocycles. The molecule has 7 nitrogen and oxygen atoms in total. The van der Waals surface area contributed by atoms with Gasteiger partial charge in [0.05, 0.1) is 17.0 Å². The van der Waals surface area contributed by atoms with Crippen molar-refractivity contribution in [3.05, 3.63) is 23.9 Å². The van der Waals surface area contributed by atoms with Crippen molar-refractivity contribution in [3.8, 4) is 0 Å². The Hall–Kier alpha value is -1.93. The molecule has 1 heterocycles. The highest BCUT2D eigenvalue weighted by Gasteiger charge is 2.17. The second-order valence-electron chi connectivity index (χ2n) is 3.55. The highest BCUT2D eigenvalue weighted by molar-refractivity contribution is 7.89. The van der Waals surface area contributed by atoms with Crippen LogP contribution in [0.4, 0.5) is 0 Å². The molecule has 0 amide bonds. The molecule has 96 valence electrons. The molecule has 0 aliphatic rings. The number of aromatic nitrogens is 2.